The standard InChI is InChI=1S/C12H11ClFN3O/c1-7(2)18-10-4-3-8(5-15-10)11-9(14)6-16-12(13)17-11/h3-7H,1-2H3. The number of aromatic nitrogens is 3. The number of pyridine rings is 1. The van der Waals surface area contributed by atoms with Gasteiger partial charge in [-0.25, -0.2) is 19.3 Å². The number of halogens is 2. The van der Waals surface area contributed by atoms with Crippen molar-refractivity contribution in [3.63, 3.8) is 0 Å². The van der Waals surface area contributed by atoms with Crippen LogP contribution in [0.25, 0.3) is 11.3 Å². The maximum atomic E-state index is 13.5. The Kier molecular flexibility index (Phi) is 3.72. The SMILES string of the molecule is CC(C)Oc1ccc(-c2nc(Cl)ncc2F)cn1. The van der Waals surface area contributed by atoms with Crippen LogP contribution in [0.15, 0.2) is 24.5 Å². The molecule has 2 aromatic rings. The molecule has 0 atom stereocenters. The third kappa shape index (κ3) is 2.92. The van der Waals surface area contributed by atoms with Crippen LogP contribution in [0.4, 0.5) is 4.39 Å². The number of rotatable bonds is 3. The van der Waals surface area contributed by atoms with Crippen molar-refractivity contribution in [3.8, 4) is 17.1 Å². The van der Waals surface area contributed by atoms with Crippen molar-refractivity contribution in [2.75, 3.05) is 0 Å². The predicted octanol–water partition coefficient (Wildman–Crippen LogP) is 3.12. The molecule has 0 aliphatic rings. The normalized spacial score (nSPS) is 10.7. The van der Waals surface area contributed by atoms with Gasteiger partial charge in [0.1, 0.15) is 5.69 Å². The fourth-order valence-corrected chi connectivity index (χ4v) is 1.51. The first-order chi connectivity index (χ1) is 8.56. The number of hydrogen-bond acceptors (Lipinski definition) is 4. The molecule has 4 nitrogen and oxygen atoms in total. The lowest BCUT2D eigenvalue weighted by atomic mass is 10.2. The summed E-state index contributed by atoms with van der Waals surface area (Å²) in [5, 5.41) is -0.00564. The van der Waals surface area contributed by atoms with Gasteiger partial charge >= 0.3 is 0 Å². The van der Waals surface area contributed by atoms with Crippen LogP contribution < -0.4 is 4.74 Å². The zero-order chi connectivity index (χ0) is 13.1. The van der Waals surface area contributed by atoms with E-state index in [1.165, 1.54) is 6.20 Å². The molecule has 2 rings (SSSR count). The van der Waals surface area contributed by atoms with E-state index in [9.17, 15) is 4.39 Å². The zero-order valence-electron chi connectivity index (χ0n) is 9.89. The van der Waals surface area contributed by atoms with Gasteiger partial charge in [-0.3, -0.25) is 0 Å². The Balaban J connectivity index is 2.31. The topological polar surface area (TPSA) is 47.9 Å². The molecule has 0 unspecified atom stereocenters. The van der Waals surface area contributed by atoms with Gasteiger partial charge < -0.3 is 4.74 Å². The van der Waals surface area contributed by atoms with Crippen LogP contribution in [0.2, 0.25) is 5.28 Å². The summed E-state index contributed by atoms with van der Waals surface area (Å²) in [6, 6.07) is 3.33. The van der Waals surface area contributed by atoms with Gasteiger partial charge in [-0.1, -0.05) is 0 Å². The second kappa shape index (κ2) is 5.27. The first kappa shape index (κ1) is 12.7. The van der Waals surface area contributed by atoms with Crippen molar-refractivity contribution >= 4 is 11.6 Å². The van der Waals surface area contributed by atoms with E-state index in [-0.39, 0.29) is 17.1 Å². The Hall–Kier alpha value is -1.75. The molecular weight excluding hydrogens is 257 g/mol. The van der Waals surface area contributed by atoms with Crippen LogP contribution in [-0.2, 0) is 0 Å². The van der Waals surface area contributed by atoms with E-state index >= 15 is 0 Å². The minimum absolute atomic E-state index is 0.00564. The first-order valence-electron chi connectivity index (χ1n) is 5.37. The molecule has 0 saturated heterocycles. The highest BCUT2D eigenvalue weighted by Crippen LogP contribution is 2.22. The summed E-state index contributed by atoms with van der Waals surface area (Å²) in [6.45, 7) is 3.80. The lowest BCUT2D eigenvalue weighted by Gasteiger charge is -2.08. The number of nitrogens with zero attached hydrogens (tertiary/aromatic N) is 3. The van der Waals surface area contributed by atoms with E-state index < -0.39 is 5.82 Å². The fraction of sp³-hybridized carbons (Fsp3) is 0.250. The number of hydrogen-bond donors (Lipinski definition) is 0. The molecule has 0 aromatic carbocycles. The summed E-state index contributed by atoms with van der Waals surface area (Å²) in [4.78, 5) is 11.5. The summed E-state index contributed by atoms with van der Waals surface area (Å²) in [5.41, 5.74) is 0.645. The van der Waals surface area contributed by atoms with Crippen LogP contribution in [0, 0.1) is 5.82 Å². The van der Waals surface area contributed by atoms with Crippen LogP contribution in [0.1, 0.15) is 13.8 Å². The maximum absolute atomic E-state index is 13.5. The van der Waals surface area contributed by atoms with Crippen LogP contribution in [-0.4, -0.2) is 21.1 Å². The summed E-state index contributed by atoms with van der Waals surface area (Å²) in [5.74, 6) is -0.0620. The highest BCUT2D eigenvalue weighted by Gasteiger charge is 2.09. The average molecular weight is 268 g/mol. The molecule has 0 amide bonds. The van der Waals surface area contributed by atoms with E-state index in [1.54, 1.807) is 12.1 Å². The van der Waals surface area contributed by atoms with E-state index in [2.05, 4.69) is 15.0 Å². The Labute approximate surface area is 109 Å². The van der Waals surface area contributed by atoms with E-state index in [0.29, 0.717) is 11.4 Å². The molecule has 0 radical (unpaired) electrons. The van der Waals surface area contributed by atoms with Crippen molar-refractivity contribution in [1.82, 2.24) is 15.0 Å². The summed E-state index contributed by atoms with van der Waals surface area (Å²) < 4.78 is 18.9. The van der Waals surface area contributed by atoms with Crippen LogP contribution >= 0.6 is 11.6 Å². The molecule has 0 saturated carbocycles. The Morgan fingerprint density at radius 1 is 1.22 bits per heavy atom. The largest absolute Gasteiger partial charge is 0.475 e. The van der Waals surface area contributed by atoms with Gasteiger partial charge in [-0.2, -0.15) is 0 Å². The first-order valence-corrected chi connectivity index (χ1v) is 5.75. The fourth-order valence-electron chi connectivity index (χ4n) is 1.38. The molecule has 0 aliphatic heterocycles. The van der Waals surface area contributed by atoms with Gasteiger partial charge in [0.05, 0.1) is 12.3 Å². The zero-order valence-corrected chi connectivity index (χ0v) is 10.6. The number of ether oxygens (including phenoxy) is 1. The van der Waals surface area contributed by atoms with Crippen molar-refractivity contribution in [1.29, 1.82) is 0 Å². The highest BCUT2D eigenvalue weighted by atomic mass is 35.5. The average Bonchev–Trinajstić information content (AvgIpc) is 2.33. The van der Waals surface area contributed by atoms with Crippen molar-refractivity contribution < 1.29 is 9.13 Å². The minimum atomic E-state index is -0.543. The van der Waals surface area contributed by atoms with Gasteiger partial charge in [-0.05, 0) is 31.5 Å². The predicted molar refractivity (Wildman–Crippen MR) is 66.0 cm³/mol. The lowest BCUT2D eigenvalue weighted by Crippen LogP contribution is -2.06. The third-order valence-corrected chi connectivity index (χ3v) is 2.26. The molecule has 0 N–H and O–H groups in total. The van der Waals surface area contributed by atoms with Crippen LogP contribution in [0.5, 0.6) is 5.88 Å². The van der Waals surface area contributed by atoms with Crippen molar-refractivity contribution in [2.45, 2.75) is 20.0 Å². The van der Waals surface area contributed by atoms with Crippen LogP contribution in [0.3, 0.4) is 0 Å². The maximum Gasteiger partial charge on any atom is 0.223 e. The highest BCUT2D eigenvalue weighted by molar-refractivity contribution is 6.28. The summed E-state index contributed by atoms with van der Waals surface area (Å²) in [6.07, 6.45) is 2.55. The molecular formula is C12H11ClFN3O. The second-order valence-corrected chi connectivity index (χ2v) is 4.23. The summed E-state index contributed by atoms with van der Waals surface area (Å²) in [7, 11) is 0. The minimum Gasteiger partial charge on any atom is -0.475 e. The second-order valence-electron chi connectivity index (χ2n) is 3.89. The monoisotopic (exact) mass is 267 g/mol. The molecule has 94 valence electrons. The molecule has 0 fully saturated rings. The quantitative estimate of drug-likeness (QED) is 0.802. The molecule has 2 heterocycles. The van der Waals surface area contributed by atoms with Gasteiger partial charge in [0.2, 0.25) is 11.2 Å². The molecule has 0 spiro atoms. The van der Waals surface area contributed by atoms with Gasteiger partial charge in [0.15, 0.2) is 5.82 Å². The van der Waals surface area contributed by atoms with Gasteiger partial charge in [-0.15, -0.1) is 0 Å². The van der Waals surface area contributed by atoms with E-state index in [1.807, 2.05) is 13.8 Å². The van der Waals surface area contributed by atoms with E-state index in [0.717, 1.165) is 6.20 Å². The molecule has 0 bridgehead atoms. The van der Waals surface area contributed by atoms with Crippen molar-refractivity contribution in [2.24, 2.45) is 0 Å². The van der Waals surface area contributed by atoms with Gasteiger partial charge in [0.25, 0.3) is 0 Å². The molecule has 2 aromatic heterocycles. The van der Waals surface area contributed by atoms with Gasteiger partial charge in [0, 0.05) is 17.8 Å². The van der Waals surface area contributed by atoms with E-state index in [4.69, 9.17) is 16.3 Å². The Morgan fingerprint density at radius 2 is 2.00 bits per heavy atom. The summed E-state index contributed by atoms with van der Waals surface area (Å²) >= 11 is 5.63. The molecule has 6 heteroatoms. The smallest absolute Gasteiger partial charge is 0.223 e. The lowest BCUT2D eigenvalue weighted by molar-refractivity contribution is 0.232. The Morgan fingerprint density at radius 3 is 2.61 bits per heavy atom. The third-order valence-electron chi connectivity index (χ3n) is 2.08. The Bertz CT molecular complexity index is 546. The van der Waals surface area contributed by atoms with Crippen molar-refractivity contribution in [3.05, 3.63) is 35.6 Å². The molecule has 18 heavy (non-hydrogen) atoms. The molecule has 0 aliphatic carbocycles.